The highest BCUT2D eigenvalue weighted by Gasteiger charge is 2.35. The zero-order valence-corrected chi connectivity index (χ0v) is 17.5. The molecule has 0 aliphatic heterocycles. The van der Waals surface area contributed by atoms with Crippen molar-refractivity contribution in [2.24, 2.45) is 11.8 Å². The Hall–Kier alpha value is -3.13. The average molecular weight is 429 g/mol. The van der Waals surface area contributed by atoms with Gasteiger partial charge in [-0.15, -0.1) is 11.3 Å². The standard InChI is InChI=1S/C22H23NO6S/c1-3-29-22(27)18-17(13-8-10-14(28-2)11-9-13)12-30-20(18)23-19(24)15-6-4-5-7-16(15)21(25)26/h4-5,8-12,15-16H,3,6-7H2,1-2H3,(H,23,24)(H,25,26). The maximum Gasteiger partial charge on any atom is 0.341 e. The third-order valence-corrected chi connectivity index (χ3v) is 5.89. The first-order valence-electron chi connectivity index (χ1n) is 9.58. The minimum Gasteiger partial charge on any atom is -0.497 e. The predicted molar refractivity (Wildman–Crippen MR) is 114 cm³/mol. The molecule has 1 aliphatic carbocycles. The number of carboxylic acid groups (broad SMARTS) is 1. The van der Waals surface area contributed by atoms with Gasteiger partial charge in [-0.3, -0.25) is 9.59 Å². The maximum atomic E-state index is 12.9. The van der Waals surface area contributed by atoms with E-state index < -0.39 is 29.7 Å². The van der Waals surface area contributed by atoms with Crippen LogP contribution in [0.2, 0.25) is 0 Å². The third-order valence-electron chi connectivity index (χ3n) is 4.99. The van der Waals surface area contributed by atoms with Crippen molar-refractivity contribution in [1.82, 2.24) is 0 Å². The molecule has 1 heterocycles. The number of nitrogens with one attached hydrogen (secondary N) is 1. The number of methoxy groups -OCH3 is 1. The molecule has 1 aromatic carbocycles. The van der Waals surface area contributed by atoms with Gasteiger partial charge in [-0.05, 0) is 37.5 Å². The monoisotopic (exact) mass is 429 g/mol. The summed E-state index contributed by atoms with van der Waals surface area (Å²) < 4.78 is 10.4. The number of anilines is 1. The highest BCUT2D eigenvalue weighted by molar-refractivity contribution is 7.15. The number of ether oxygens (including phenoxy) is 2. The lowest BCUT2D eigenvalue weighted by Gasteiger charge is -2.24. The molecule has 2 atom stereocenters. The molecule has 30 heavy (non-hydrogen) atoms. The van der Waals surface area contributed by atoms with Crippen molar-refractivity contribution in [1.29, 1.82) is 0 Å². The predicted octanol–water partition coefficient (Wildman–Crippen LogP) is 4.21. The first-order valence-corrected chi connectivity index (χ1v) is 10.5. The van der Waals surface area contributed by atoms with Crippen molar-refractivity contribution in [2.75, 3.05) is 19.0 Å². The van der Waals surface area contributed by atoms with E-state index >= 15 is 0 Å². The quantitative estimate of drug-likeness (QED) is 0.505. The largest absolute Gasteiger partial charge is 0.497 e. The van der Waals surface area contributed by atoms with E-state index in [-0.39, 0.29) is 12.2 Å². The van der Waals surface area contributed by atoms with Gasteiger partial charge >= 0.3 is 11.9 Å². The molecule has 8 heteroatoms. The molecule has 7 nitrogen and oxygen atoms in total. The molecular formula is C22H23NO6S. The number of hydrogen-bond donors (Lipinski definition) is 2. The van der Waals surface area contributed by atoms with E-state index in [1.54, 1.807) is 37.6 Å². The molecule has 0 radical (unpaired) electrons. The van der Waals surface area contributed by atoms with Gasteiger partial charge in [0.05, 0.1) is 25.6 Å². The van der Waals surface area contributed by atoms with Crippen LogP contribution in [0.5, 0.6) is 5.75 Å². The minimum atomic E-state index is -1.00. The van der Waals surface area contributed by atoms with Crippen molar-refractivity contribution >= 4 is 34.2 Å². The van der Waals surface area contributed by atoms with Crippen molar-refractivity contribution in [3.05, 3.63) is 47.4 Å². The molecule has 0 spiro atoms. The van der Waals surface area contributed by atoms with E-state index in [1.165, 1.54) is 11.3 Å². The molecular weight excluding hydrogens is 406 g/mol. The molecule has 1 aliphatic rings. The molecule has 1 aromatic heterocycles. The van der Waals surface area contributed by atoms with Crippen LogP contribution in [-0.4, -0.2) is 36.7 Å². The van der Waals surface area contributed by atoms with Crippen LogP contribution in [0, 0.1) is 11.8 Å². The Labute approximate surface area is 178 Å². The lowest BCUT2D eigenvalue weighted by molar-refractivity contribution is -0.146. The van der Waals surface area contributed by atoms with Gasteiger partial charge in [0.25, 0.3) is 0 Å². The topological polar surface area (TPSA) is 102 Å². The van der Waals surface area contributed by atoms with Crippen LogP contribution in [0.1, 0.15) is 30.1 Å². The number of thiophene rings is 1. The summed E-state index contributed by atoms with van der Waals surface area (Å²) in [5.41, 5.74) is 1.67. The van der Waals surface area contributed by atoms with Gasteiger partial charge in [0, 0.05) is 10.9 Å². The van der Waals surface area contributed by atoms with Crippen LogP contribution in [-0.2, 0) is 14.3 Å². The van der Waals surface area contributed by atoms with E-state index in [2.05, 4.69) is 5.32 Å². The van der Waals surface area contributed by atoms with E-state index in [4.69, 9.17) is 9.47 Å². The highest BCUT2D eigenvalue weighted by Crippen LogP contribution is 2.38. The van der Waals surface area contributed by atoms with Crippen LogP contribution in [0.15, 0.2) is 41.8 Å². The Balaban J connectivity index is 1.93. The van der Waals surface area contributed by atoms with Gasteiger partial charge in [-0.1, -0.05) is 24.3 Å². The zero-order chi connectivity index (χ0) is 21.7. The van der Waals surface area contributed by atoms with Crippen molar-refractivity contribution in [3.63, 3.8) is 0 Å². The molecule has 2 unspecified atom stereocenters. The number of esters is 1. The Kier molecular flexibility index (Phi) is 6.89. The first kappa shape index (κ1) is 21.6. The number of amides is 1. The van der Waals surface area contributed by atoms with Gasteiger partial charge in [0.2, 0.25) is 5.91 Å². The highest BCUT2D eigenvalue weighted by atomic mass is 32.1. The molecule has 2 aromatic rings. The summed E-state index contributed by atoms with van der Waals surface area (Å²) in [4.78, 5) is 37.1. The van der Waals surface area contributed by atoms with Gasteiger partial charge < -0.3 is 19.9 Å². The number of hydrogen-bond acceptors (Lipinski definition) is 6. The van der Waals surface area contributed by atoms with Crippen LogP contribution in [0.4, 0.5) is 5.00 Å². The summed E-state index contributed by atoms with van der Waals surface area (Å²) in [6.45, 7) is 1.90. The van der Waals surface area contributed by atoms with E-state index in [9.17, 15) is 19.5 Å². The number of allylic oxidation sites excluding steroid dienone is 2. The number of carbonyl (C=O) groups excluding carboxylic acids is 2. The van der Waals surface area contributed by atoms with Crippen LogP contribution in [0.25, 0.3) is 11.1 Å². The molecule has 0 saturated carbocycles. The molecule has 0 saturated heterocycles. The summed E-state index contributed by atoms with van der Waals surface area (Å²) in [5.74, 6) is -2.77. The SMILES string of the molecule is CCOC(=O)c1c(-c2ccc(OC)cc2)csc1NC(=O)C1CC=CCC1C(=O)O. The Morgan fingerprint density at radius 3 is 2.40 bits per heavy atom. The fraction of sp³-hybridized carbons (Fsp3) is 0.318. The third kappa shape index (κ3) is 4.54. The van der Waals surface area contributed by atoms with Gasteiger partial charge in [-0.25, -0.2) is 4.79 Å². The first-order chi connectivity index (χ1) is 14.5. The lowest BCUT2D eigenvalue weighted by Crippen LogP contribution is -2.34. The minimum absolute atomic E-state index is 0.193. The second-order valence-corrected chi connectivity index (χ2v) is 7.67. The average Bonchev–Trinajstić information content (AvgIpc) is 3.17. The van der Waals surface area contributed by atoms with Gasteiger partial charge in [0.1, 0.15) is 16.3 Å². The summed E-state index contributed by atoms with van der Waals surface area (Å²) in [6, 6.07) is 7.21. The smallest absolute Gasteiger partial charge is 0.341 e. The molecule has 0 bridgehead atoms. The number of carboxylic acids is 1. The number of carbonyl (C=O) groups is 3. The summed E-state index contributed by atoms with van der Waals surface area (Å²) in [5, 5.41) is 14.3. The molecule has 0 fully saturated rings. The van der Waals surface area contributed by atoms with E-state index in [0.29, 0.717) is 29.2 Å². The Morgan fingerprint density at radius 1 is 1.13 bits per heavy atom. The zero-order valence-electron chi connectivity index (χ0n) is 16.7. The van der Waals surface area contributed by atoms with Crippen LogP contribution < -0.4 is 10.1 Å². The second kappa shape index (κ2) is 9.58. The Morgan fingerprint density at radius 2 is 1.80 bits per heavy atom. The lowest BCUT2D eigenvalue weighted by atomic mass is 9.82. The number of rotatable bonds is 7. The van der Waals surface area contributed by atoms with Gasteiger partial charge in [-0.2, -0.15) is 0 Å². The molecule has 158 valence electrons. The fourth-order valence-electron chi connectivity index (χ4n) is 3.42. The summed E-state index contributed by atoms with van der Waals surface area (Å²) in [7, 11) is 1.57. The van der Waals surface area contributed by atoms with E-state index in [0.717, 1.165) is 5.56 Å². The number of aliphatic carboxylic acids is 1. The summed E-state index contributed by atoms with van der Waals surface area (Å²) >= 11 is 1.21. The van der Waals surface area contributed by atoms with Crippen molar-refractivity contribution in [2.45, 2.75) is 19.8 Å². The normalized spacial score (nSPS) is 17.9. The van der Waals surface area contributed by atoms with Crippen LogP contribution in [0.3, 0.4) is 0 Å². The Bertz CT molecular complexity index is 963. The fourth-order valence-corrected chi connectivity index (χ4v) is 4.38. The maximum absolute atomic E-state index is 12.9. The van der Waals surface area contributed by atoms with Crippen molar-refractivity contribution < 1.29 is 29.0 Å². The van der Waals surface area contributed by atoms with E-state index in [1.807, 2.05) is 18.2 Å². The van der Waals surface area contributed by atoms with Crippen LogP contribution >= 0.6 is 11.3 Å². The molecule has 1 amide bonds. The molecule has 3 rings (SSSR count). The van der Waals surface area contributed by atoms with Gasteiger partial charge in [0.15, 0.2) is 0 Å². The molecule has 2 N–H and O–H groups in total. The summed E-state index contributed by atoms with van der Waals surface area (Å²) in [6.07, 6.45) is 4.24. The second-order valence-electron chi connectivity index (χ2n) is 6.79. The number of benzene rings is 1. The van der Waals surface area contributed by atoms with Crippen molar-refractivity contribution in [3.8, 4) is 16.9 Å².